The van der Waals surface area contributed by atoms with Gasteiger partial charge in [-0.15, -0.1) is 24.2 Å². The van der Waals surface area contributed by atoms with E-state index in [0.717, 1.165) is 30.8 Å². The summed E-state index contributed by atoms with van der Waals surface area (Å²) >= 11 is 2.06. The molecular weight excluding hydrogens is 360 g/mol. The van der Waals surface area contributed by atoms with Crippen molar-refractivity contribution >= 4 is 24.2 Å². The summed E-state index contributed by atoms with van der Waals surface area (Å²) in [7, 11) is 0. The maximum absolute atomic E-state index is 3.78. The molecule has 1 saturated heterocycles. The Hall–Kier alpha value is -0.380. The molecule has 4 heteroatoms. The molecule has 3 aliphatic heterocycles. The van der Waals surface area contributed by atoms with Crippen LogP contribution in [-0.2, 0) is 0 Å². The smallest absolute Gasteiger partial charge is 0.0568 e. The second-order valence-corrected chi connectivity index (χ2v) is 9.61. The van der Waals surface area contributed by atoms with Crippen molar-refractivity contribution in [2.24, 2.45) is 17.8 Å². The van der Waals surface area contributed by atoms with Gasteiger partial charge in [-0.1, -0.05) is 32.3 Å². The topological polar surface area (TPSA) is 15.3 Å². The summed E-state index contributed by atoms with van der Waals surface area (Å²) in [4.78, 5) is 4.56. The van der Waals surface area contributed by atoms with Gasteiger partial charge in [-0.2, -0.15) is 0 Å². The fraction of sp³-hybridized carbons (Fsp3) is 0.727. The Morgan fingerprint density at radius 2 is 2.12 bits per heavy atom. The molecule has 0 radical (unpaired) electrons. The van der Waals surface area contributed by atoms with E-state index >= 15 is 0 Å². The third-order valence-electron chi connectivity index (χ3n) is 7.08. The van der Waals surface area contributed by atoms with Crippen molar-refractivity contribution in [3.63, 3.8) is 0 Å². The number of hydrogen-bond acceptors (Lipinski definition) is 3. The van der Waals surface area contributed by atoms with Gasteiger partial charge in [-0.25, -0.2) is 0 Å². The van der Waals surface area contributed by atoms with Crippen LogP contribution in [0.25, 0.3) is 0 Å². The minimum absolute atomic E-state index is 0. The van der Waals surface area contributed by atoms with Crippen LogP contribution in [-0.4, -0.2) is 30.6 Å². The standard InChI is InChI=1S/C22H32N2S.ClH/c1-2-3-4-6-16-9-10-17-19-14-23-13-18(15-7-8-15)20(19)24-11-5-12-25-22(16)21(17)24;/h5,12,15-16,18,20,23H,2-4,6-11,13-14H2,1H3;1H. The van der Waals surface area contributed by atoms with E-state index in [1.54, 1.807) is 21.7 Å². The summed E-state index contributed by atoms with van der Waals surface area (Å²) in [5.41, 5.74) is 5.22. The van der Waals surface area contributed by atoms with Crippen LogP contribution >= 0.6 is 24.2 Å². The predicted molar refractivity (Wildman–Crippen MR) is 114 cm³/mol. The van der Waals surface area contributed by atoms with Crippen LogP contribution in [0.4, 0.5) is 0 Å². The van der Waals surface area contributed by atoms with Gasteiger partial charge >= 0.3 is 0 Å². The summed E-state index contributed by atoms with van der Waals surface area (Å²) in [5.74, 6) is 2.65. The lowest BCUT2D eigenvalue weighted by Crippen LogP contribution is -2.48. The van der Waals surface area contributed by atoms with Gasteiger partial charge in [0.05, 0.1) is 11.7 Å². The zero-order chi connectivity index (χ0) is 16.8. The van der Waals surface area contributed by atoms with Crippen LogP contribution in [0.5, 0.6) is 0 Å². The maximum atomic E-state index is 3.78. The average molecular weight is 393 g/mol. The molecular formula is C22H33ClN2S. The quantitative estimate of drug-likeness (QED) is 0.623. The summed E-state index contributed by atoms with van der Waals surface area (Å²) in [6.45, 7) is 5.84. The Morgan fingerprint density at radius 3 is 2.92 bits per heavy atom. The first kappa shape index (κ1) is 19.0. The van der Waals surface area contributed by atoms with E-state index in [1.165, 1.54) is 57.9 Å². The molecule has 2 nitrogen and oxygen atoms in total. The molecule has 2 fully saturated rings. The Bertz CT molecular complexity index is 634. The van der Waals surface area contributed by atoms with Crippen molar-refractivity contribution in [3.8, 4) is 0 Å². The number of nitrogens with one attached hydrogen (secondary N) is 1. The molecule has 3 unspecified atom stereocenters. The lowest BCUT2D eigenvalue weighted by molar-refractivity contribution is 0.204. The highest BCUT2D eigenvalue weighted by atomic mass is 35.5. The number of piperidine rings is 1. The number of unbranched alkanes of at least 4 members (excludes halogenated alkanes) is 2. The molecule has 3 atom stereocenters. The summed E-state index contributed by atoms with van der Waals surface area (Å²) in [6.07, 6.45) is 13.6. The first-order valence-electron chi connectivity index (χ1n) is 10.6. The van der Waals surface area contributed by atoms with Crippen LogP contribution in [0.1, 0.15) is 58.3 Å². The minimum Gasteiger partial charge on any atom is -0.360 e. The molecule has 2 aliphatic carbocycles. The van der Waals surface area contributed by atoms with Gasteiger partial charge in [-0.05, 0) is 66.4 Å². The highest BCUT2D eigenvalue weighted by Crippen LogP contribution is 2.54. The van der Waals surface area contributed by atoms with Gasteiger partial charge in [0.15, 0.2) is 0 Å². The van der Waals surface area contributed by atoms with Gasteiger partial charge < -0.3 is 10.2 Å². The number of fused-ring (bicyclic) bond motifs is 2. The minimum atomic E-state index is 0. The molecule has 0 aromatic carbocycles. The van der Waals surface area contributed by atoms with Gasteiger partial charge in [0, 0.05) is 24.5 Å². The van der Waals surface area contributed by atoms with Gasteiger partial charge in [0.2, 0.25) is 0 Å². The van der Waals surface area contributed by atoms with E-state index in [9.17, 15) is 0 Å². The van der Waals surface area contributed by atoms with Crippen molar-refractivity contribution in [1.29, 1.82) is 0 Å². The monoisotopic (exact) mass is 392 g/mol. The van der Waals surface area contributed by atoms with E-state index in [1.807, 2.05) is 0 Å². The molecule has 144 valence electrons. The molecule has 0 amide bonds. The third-order valence-corrected chi connectivity index (χ3v) is 8.19. The van der Waals surface area contributed by atoms with Crippen molar-refractivity contribution in [3.05, 3.63) is 33.2 Å². The molecule has 26 heavy (non-hydrogen) atoms. The van der Waals surface area contributed by atoms with E-state index in [-0.39, 0.29) is 12.4 Å². The second kappa shape index (κ2) is 7.93. The molecule has 1 saturated carbocycles. The molecule has 5 aliphatic rings. The van der Waals surface area contributed by atoms with Crippen LogP contribution < -0.4 is 5.32 Å². The van der Waals surface area contributed by atoms with Crippen LogP contribution in [0, 0.1) is 17.8 Å². The molecule has 0 spiro atoms. The number of halogens is 1. The van der Waals surface area contributed by atoms with Crippen LogP contribution in [0.3, 0.4) is 0 Å². The zero-order valence-electron chi connectivity index (χ0n) is 16.0. The largest absolute Gasteiger partial charge is 0.360 e. The first-order chi connectivity index (χ1) is 12.4. The van der Waals surface area contributed by atoms with Crippen molar-refractivity contribution in [1.82, 2.24) is 10.2 Å². The summed E-state index contributed by atoms with van der Waals surface area (Å²) in [6, 6.07) is 0.714. The van der Waals surface area contributed by atoms with Crippen molar-refractivity contribution < 1.29 is 0 Å². The predicted octanol–water partition coefficient (Wildman–Crippen LogP) is 5.48. The SMILES string of the molecule is CCCCCC1CCC2=C3CNCC(C4CC4)C3N3CC=CSC1=C23.Cl. The van der Waals surface area contributed by atoms with E-state index < -0.39 is 0 Å². The Morgan fingerprint density at radius 1 is 1.23 bits per heavy atom. The second-order valence-electron chi connectivity index (χ2n) is 8.67. The van der Waals surface area contributed by atoms with Crippen molar-refractivity contribution in [2.75, 3.05) is 19.6 Å². The number of hydrogen-bond donors (Lipinski definition) is 1. The Labute approximate surface area is 169 Å². The van der Waals surface area contributed by atoms with Gasteiger partial charge in [0.1, 0.15) is 0 Å². The van der Waals surface area contributed by atoms with Crippen molar-refractivity contribution in [2.45, 2.75) is 64.3 Å². The number of rotatable bonds is 5. The lowest BCUT2D eigenvalue weighted by Gasteiger charge is -2.39. The molecule has 0 aromatic heterocycles. The van der Waals surface area contributed by atoms with Gasteiger partial charge in [-0.3, -0.25) is 0 Å². The highest BCUT2D eigenvalue weighted by Gasteiger charge is 2.49. The Kier molecular flexibility index (Phi) is 5.78. The highest BCUT2D eigenvalue weighted by molar-refractivity contribution is 8.05. The zero-order valence-corrected chi connectivity index (χ0v) is 17.6. The maximum Gasteiger partial charge on any atom is 0.0568 e. The normalized spacial score (nSPS) is 33.0. The average Bonchev–Trinajstić information content (AvgIpc) is 3.44. The van der Waals surface area contributed by atoms with Crippen LogP contribution in [0.2, 0.25) is 0 Å². The lowest BCUT2D eigenvalue weighted by atomic mass is 9.82. The van der Waals surface area contributed by atoms with E-state index in [0.29, 0.717) is 6.04 Å². The Balaban J connectivity index is 0.00000168. The molecule has 0 aromatic rings. The van der Waals surface area contributed by atoms with Gasteiger partial charge in [0.25, 0.3) is 0 Å². The van der Waals surface area contributed by atoms with Crippen LogP contribution in [0.15, 0.2) is 33.2 Å². The summed E-state index contributed by atoms with van der Waals surface area (Å²) in [5, 5.41) is 6.17. The molecule has 5 rings (SSSR count). The van der Waals surface area contributed by atoms with E-state index in [2.05, 4.69) is 40.4 Å². The number of thioether (sulfide) groups is 1. The fourth-order valence-electron chi connectivity index (χ4n) is 5.73. The first-order valence-corrected chi connectivity index (χ1v) is 11.5. The number of allylic oxidation sites excluding steroid dienone is 2. The summed E-state index contributed by atoms with van der Waals surface area (Å²) < 4.78 is 0. The van der Waals surface area contributed by atoms with E-state index in [4.69, 9.17) is 0 Å². The molecule has 0 bridgehead atoms. The fourth-order valence-corrected chi connectivity index (χ4v) is 6.84. The number of nitrogens with zero attached hydrogens (tertiary/aromatic N) is 1. The third kappa shape index (κ3) is 3.18. The molecule has 1 N–H and O–H groups in total. The molecule has 3 heterocycles.